The van der Waals surface area contributed by atoms with E-state index in [2.05, 4.69) is 25.8 Å². The number of hydrogen-bond donors (Lipinski definition) is 1. The van der Waals surface area contributed by atoms with E-state index in [4.69, 9.17) is 11.6 Å². The summed E-state index contributed by atoms with van der Waals surface area (Å²) in [6.07, 6.45) is 4.02. The molecule has 122 valence electrons. The van der Waals surface area contributed by atoms with Crippen LogP contribution in [0.1, 0.15) is 28.9 Å². The normalized spacial score (nSPS) is 12.0. The fourth-order valence-electron chi connectivity index (χ4n) is 2.13. The summed E-state index contributed by atoms with van der Waals surface area (Å²) in [6, 6.07) is 5.73. The van der Waals surface area contributed by atoms with Crippen molar-refractivity contribution in [2.24, 2.45) is 0 Å². The molecule has 2 heterocycles. The van der Waals surface area contributed by atoms with Gasteiger partial charge in [-0.2, -0.15) is 0 Å². The number of aromatic nitrogens is 5. The topological polar surface area (TPSA) is 85.6 Å². The van der Waals surface area contributed by atoms with Crippen LogP contribution in [0.3, 0.4) is 0 Å². The quantitative estimate of drug-likeness (QED) is 0.783. The van der Waals surface area contributed by atoms with E-state index >= 15 is 0 Å². The molecule has 0 spiro atoms. The average Bonchev–Trinajstić information content (AvgIpc) is 3.09. The van der Waals surface area contributed by atoms with E-state index in [-0.39, 0.29) is 10.9 Å². The molecule has 0 saturated carbocycles. The number of hydrogen-bond acceptors (Lipinski definition) is 5. The second-order valence-corrected chi connectivity index (χ2v) is 5.46. The molecule has 1 aromatic carbocycles. The minimum Gasteiger partial charge on any atom is -0.345 e. The van der Waals surface area contributed by atoms with E-state index in [9.17, 15) is 9.18 Å². The zero-order valence-corrected chi connectivity index (χ0v) is 13.3. The van der Waals surface area contributed by atoms with Crippen molar-refractivity contribution < 1.29 is 9.18 Å². The molecule has 9 heteroatoms. The molecule has 0 aliphatic carbocycles. The molecule has 0 aliphatic heterocycles. The molecule has 1 amide bonds. The van der Waals surface area contributed by atoms with E-state index in [1.807, 2.05) is 0 Å². The van der Waals surface area contributed by atoms with Gasteiger partial charge in [0.2, 0.25) is 0 Å². The zero-order valence-electron chi connectivity index (χ0n) is 12.5. The maximum Gasteiger partial charge on any atom is 0.253 e. The minimum atomic E-state index is -0.461. The minimum absolute atomic E-state index is 0.255. The maximum absolute atomic E-state index is 13.2. The van der Waals surface area contributed by atoms with Crippen molar-refractivity contribution in [3.8, 4) is 5.69 Å². The van der Waals surface area contributed by atoms with Crippen LogP contribution < -0.4 is 5.32 Å². The highest BCUT2D eigenvalue weighted by Crippen LogP contribution is 2.21. The Morgan fingerprint density at radius 2 is 2.17 bits per heavy atom. The molecule has 3 rings (SSSR count). The van der Waals surface area contributed by atoms with Gasteiger partial charge in [-0.1, -0.05) is 11.6 Å². The monoisotopic (exact) mass is 346 g/mol. The van der Waals surface area contributed by atoms with E-state index in [1.165, 1.54) is 23.3 Å². The highest BCUT2D eigenvalue weighted by molar-refractivity contribution is 6.34. The smallest absolute Gasteiger partial charge is 0.253 e. The van der Waals surface area contributed by atoms with Crippen molar-refractivity contribution in [2.45, 2.75) is 13.0 Å². The third-order valence-electron chi connectivity index (χ3n) is 3.38. The second-order valence-electron chi connectivity index (χ2n) is 5.05. The van der Waals surface area contributed by atoms with Gasteiger partial charge in [0.1, 0.15) is 12.1 Å². The molecule has 1 N–H and O–H groups in total. The predicted octanol–water partition coefficient (Wildman–Crippen LogP) is 2.34. The van der Waals surface area contributed by atoms with Crippen LogP contribution in [-0.2, 0) is 0 Å². The first-order valence-corrected chi connectivity index (χ1v) is 7.36. The molecular weight excluding hydrogens is 335 g/mol. The first-order valence-electron chi connectivity index (χ1n) is 6.99. The molecule has 1 atom stereocenters. The fourth-order valence-corrected chi connectivity index (χ4v) is 2.39. The fraction of sp³-hybridized carbons (Fsp3) is 0.133. The summed E-state index contributed by atoms with van der Waals surface area (Å²) in [5.41, 5.74) is 1.48. The van der Waals surface area contributed by atoms with E-state index in [0.717, 1.165) is 6.20 Å². The Balaban J connectivity index is 1.77. The number of rotatable bonds is 4. The van der Waals surface area contributed by atoms with Gasteiger partial charge in [-0.15, -0.1) is 5.10 Å². The van der Waals surface area contributed by atoms with E-state index < -0.39 is 11.9 Å². The van der Waals surface area contributed by atoms with Crippen LogP contribution in [0.2, 0.25) is 5.02 Å². The molecule has 1 unspecified atom stereocenters. The Labute approximate surface area is 141 Å². The van der Waals surface area contributed by atoms with Gasteiger partial charge in [-0.25, -0.2) is 9.07 Å². The van der Waals surface area contributed by atoms with Crippen LogP contribution in [-0.4, -0.2) is 31.1 Å². The average molecular weight is 347 g/mol. The summed E-state index contributed by atoms with van der Waals surface area (Å²) in [5.74, 6) is -0.836. The molecule has 0 fully saturated rings. The number of tetrazole rings is 1. The summed E-state index contributed by atoms with van der Waals surface area (Å²) in [6.45, 7) is 1.73. The van der Waals surface area contributed by atoms with Gasteiger partial charge in [0, 0.05) is 6.20 Å². The van der Waals surface area contributed by atoms with Crippen molar-refractivity contribution >= 4 is 17.5 Å². The van der Waals surface area contributed by atoms with Gasteiger partial charge in [-0.3, -0.25) is 9.78 Å². The number of carbonyl (C=O) groups is 1. The van der Waals surface area contributed by atoms with Crippen LogP contribution in [0, 0.1) is 5.82 Å². The van der Waals surface area contributed by atoms with Crippen LogP contribution in [0.4, 0.5) is 4.39 Å². The van der Waals surface area contributed by atoms with Gasteiger partial charge in [0.25, 0.3) is 5.91 Å². The largest absolute Gasteiger partial charge is 0.345 e. The molecule has 3 aromatic rings. The van der Waals surface area contributed by atoms with Gasteiger partial charge >= 0.3 is 0 Å². The highest BCUT2D eigenvalue weighted by Gasteiger charge is 2.16. The Kier molecular flexibility index (Phi) is 4.48. The first kappa shape index (κ1) is 16.0. The molecular formula is C15H12ClFN6O. The molecule has 24 heavy (non-hydrogen) atoms. The first-order chi connectivity index (χ1) is 11.5. The van der Waals surface area contributed by atoms with E-state index in [1.54, 1.807) is 25.1 Å². The zero-order chi connectivity index (χ0) is 17.1. The third-order valence-corrected chi connectivity index (χ3v) is 3.70. The summed E-state index contributed by atoms with van der Waals surface area (Å²) < 4.78 is 14.6. The lowest BCUT2D eigenvalue weighted by atomic mass is 10.1. The van der Waals surface area contributed by atoms with Crippen molar-refractivity contribution in [3.63, 3.8) is 0 Å². The summed E-state index contributed by atoms with van der Waals surface area (Å²) in [5, 5.41) is 13.8. The molecule has 0 aliphatic rings. The number of nitrogens with one attached hydrogen (secondary N) is 1. The SMILES string of the molecule is CC(NC(=O)c1ccc(-n2cnnn2)cc1Cl)c1cncc(F)c1. The molecule has 2 aromatic heterocycles. The molecule has 0 radical (unpaired) electrons. The number of halogens is 2. The standard InChI is InChI=1S/C15H12ClFN6O/c1-9(10-4-11(17)7-18-6-10)20-15(24)13-3-2-12(5-14(13)16)23-8-19-21-22-23/h2-9H,1H3,(H,20,24). The number of amides is 1. The number of pyridine rings is 1. The van der Waals surface area contributed by atoms with Gasteiger partial charge in [0.05, 0.1) is 28.5 Å². The Bertz CT molecular complexity index is 870. The summed E-state index contributed by atoms with van der Waals surface area (Å²) in [4.78, 5) is 16.1. The Morgan fingerprint density at radius 1 is 1.33 bits per heavy atom. The number of nitrogens with zero attached hydrogens (tertiary/aromatic N) is 5. The lowest BCUT2D eigenvalue weighted by molar-refractivity contribution is 0.0940. The second kappa shape index (κ2) is 6.71. The molecule has 7 nitrogen and oxygen atoms in total. The predicted molar refractivity (Wildman–Crippen MR) is 84.2 cm³/mol. The van der Waals surface area contributed by atoms with Gasteiger partial charge in [0.15, 0.2) is 0 Å². The van der Waals surface area contributed by atoms with Crippen molar-refractivity contribution in [1.29, 1.82) is 0 Å². The molecule has 0 saturated heterocycles. The van der Waals surface area contributed by atoms with Crippen molar-refractivity contribution in [2.75, 3.05) is 0 Å². The summed E-state index contributed by atoms with van der Waals surface area (Å²) in [7, 11) is 0. The third kappa shape index (κ3) is 3.38. The molecule has 0 bridgehead atoms. The summed E-state index contributed by atoms with van der Waals surface area (Å²) >= 11 is 6.18. The van der Waals surface area contributed by atoms with Crippen molar-refractivity contribution in [1.82, 2.24) is 30.5 Å². The number of carbonyl (C=O) groups excluding carboxylic acids is 1. The Morgan fingerprint density at radius 3 is 2.83 bits per heavy atom. The Hall–Kier alpha value is -2.87. The lowest BCUT2D eigenvalue weighted by Crippen LogP contribution is -2.27. The lowest BCUT2D eigenvalue weighted by Gasteiger charge is -2.15. The van der Waals surface area contributed by atoms with E-state index in [0.29, 0.717) is 16.8 Å². The highest BCUT2D eigenvalue weighted by atomic mass is 35.5. The number of benzene rings is 1. The van der Waals surface area contributed by atoms with Gasteiger partial charge in [-0.05, 0) is 47.2 Å². The van der Waals surface area contributed by atoms with Crippen LogP contribution in [0.5, 0.6) is 0 Å². The van der Waals surface area contributed by atoms with Gasteiger partial charge < -0.3 is 5.32 Å². The van der Waals surface area contributed by atoms with Crippen molar-refractivity contribution in [3.05, 3.63) is 65.0 Å². The van der Waals surface area contributed by atoms with Crippen LogP contribution >= 0.6 is 11.6 Å². The maximum atomic E-state index is 13.2. The van der Waals surface area contributed by atoms with Crippen LogP contribution in [0.25, 0.3) is 5.69 Å². The van der Waals surface area contributed by atoms with Crippen LogP contribution in [0.15, 0.2) is 43.0 Å².